The summed E-state index contributed by atoms with van der Waals surface area (Å²) >= 11 is 0. The molecule has 0 N–H and O–H groups in total. The van der Waals surface area contributed by atoms with Gasteiger partial charge in [0.1, 0.15) is 6.33 Å². The van der Waals surface area contributed by atoms with Crippen LogP contribution in [0.4, 0.5) is 0 Å². The number of hydrogen-bond donors (Lipinski definition) is 0. The number of fused-ring (bicyclic) bond motifs is 9. The van der Waals surface area contributed by atoms with Crippen molar-refractivity contribution in [1.29, 1.82) is 0 Å². The van der Waals surface area contributed by atoms with Crippen LogP contribution < -0.4 is 0 Å². The molecule has 0 aliphatic heterocycles. The molecule has 8 aromatic carbocycles. The smallest absolute Gasteiger partial charge is 0.116 e. The lowest BCUT2D eigenvalue weighted by molar-refractivity contribution is 1.17. The van der Waals surface area contributed by atoms with Crippen LogP contribution in [0.1, 0.15) is 0 Å². The van der Waals surface area contributed by atoms with Crippen molar-refractivity contribution in [2.45, 2.75) is 0 Å². The van der Waals surface area contributed by atoms with Gasteiger partial charge in [-0.05, 0) is 88.1 Å². The monoisotopic (exact) mass is 686 g/mol. The van der Waals surface area contributed by atoms with Crippen molar-refractivity contribution in [3.63, 3.8) is 0 Å². The first-order chi connectivity index (χ1) is 26.8. The fourth-order valence-corrected chi connectivity index (χ4v) is 9.02. The van der Waals surface area contributed by atoms with E-state index in [2.05, 4.69) is 185 Å². The van der Waals surface area contributed by atoms with E-state index in [1.807, 2.05) is 0 Å². The molecule has 0 saturated heterocycles. The molecule has 4 heteroatoms. The van der Waals surface area contributed by atoms with E-state index < -0.39 is 0 Å². The summed E-state index contributed by atoms with van der Waals surface area (Å²) in [5.74, 6) is 0. The Labute approximate surface area is 310 Å². The lowest BCUT2D eigenvalue weighted by Crippen LogP contribution is -1.95. The summed E-state index contributed by atoms with van der Waals surface area (Å²) in [6.07, 6.45) is 1.70. The predicted octanol–water partition coefficient (Wildman–Crippen LogP) is 12.8. The van der Waals surface area contributed by atoms with Gasteiger partial charge in [-0.1, -0.05) is 115 Å². The zero-order valence-corrected chi connectivity index (χ0v) is 29.1. The van der Waals surface area contributed by atoms with E-state index in [-0.39, 0.29) is 0 Å². The van der Waals surface area contributed by atoms with Crippen molar-refractivity contribution in [2.24, 2.45) is 0 Å². The molecule has 250 valence electrons. The zero-order chi connectivity index (χ0) is 35.3. The molecule has 0 atom stereocenters. The third-order valence-corrected chi connectivity index (χ3v) is 11.4. The van der Waals surface area contributed by atoms with E-state index in [1.54, 1.807) is 6.33 Å². The first-order valence-corrected chi connectivity index (χ1v) is 18.4. The van der Waals surface area contributed by atoms with E-state index in [0.717, 1.165) is 28.2 Å². The molecule has 0 amide bonds. The van der Waals surface area contributed by atoms with Crippen LogP contribution in [0.25, 0.3) is 111 Å². The number of para-hydroxylation sites is 3. The lowest BCUT2D eigenvalue weighted by Gasteiger charge is -2.12. The molecule has 4 nitrogen and oxygen atoms in total. The van der Waals surface area contributed by atoms with Crippen LogP contribution in [-0.2, 0) is 0 Å². The van der Waals surface area contributed by atoms with E-state index in [1.165, 1.54) is 82.3 Å². The quantitative estimate of drug-likeness (QED) is 0.185. The van der Waals surface area contributed by atoms with Gasteiger partial charge in [-0.15, -0.1) is 0 Å². The SMILES string of the molecule is c1ccc(-n2c3ccccc3c3cc(-c4ccc5c(c4)c4ccccc4n5-c4ccc(-c5ncnc6c5-c5cccc7cccc-6c57)cc4)ccc32)cc1. The highest BCUT2D eigenvalue weighted by atomic mass is 15.0. The molecule has 0 fully saturated rings. The number of hydrogen-bond acceptors (Lipinski definition) is 2. The zero-order valence-electron chi connectivity index (χ0n) is 29.1. The minimum atomic E-state index is 0.964. The van der Waals surface area contributed by atoms with Crippen LogP contribution in [0.5, 0.6) is 0 Å². The summed E-state index contributed by atoms with van der Waals surface area (Å²) in [6, 6.07) is 63.7. The molecular weight excluding hydrogens is 657 g/mol. The second-order valence-corrected chi connectivity index (χ2v) is 14.2. The maximum absolute atomic E-state index is 4.85. The summed E-state index contributed by atoms with van der Waals surface area (Å²) in [5, 5.41) is 7.47. The van der Waals surface area contributed by atoms with Gasteiger partial charge in [0.25, 0.3) is 0 Å². The summed E-state index contributed by atoms with van der Waals surface area (Å²) in [6.45, 7) is 0. The van der Waals surface area contributed by atoms with Gasteiger partial charge < -0.3 is 9.13 Å². The average molecular weight is 687 g/mol. The van der Waals surface area contributed by atoms with Crippen molar-refractivity contribution in [2.75, 3.05) is 0 Å². The normalized spacial score (nSPS) is 12.1. The molecule has 0 radical (unpaired) electrons. The second kappa shape index (κ2) is 11.1. The molecule has 0 spiro atoms. The molecule has 54 heavy (non-hydrogen) atoms. The van der Waals surface area contributed by atoms with Crippen LogP contribution in [0.15, 0.2) is 182 Å². The Hall–Kier alpha value is -7.30. The van der Waals surface area contributed by atoms with Gasteiger partial charge in [-0.3, -0.25) is 0 Å². The molecule has 12 rings (SSSR count). The Balaban J connectivity index is 0.975. The highest BCUT2D eigenvalue weighted by Gasteiger charge is 2.26. The maximum atomic E-state index is 4.85. The molecule has 0 saturated carbocycles. The number of benzene rings is 8. The van der Waals surface area contributed by atoms with Crippen LogP contribution in [0.3, 0.4) is 0 Å². The Morgan fingerprint density at radius 3 is 1.52 bits per heavy atom. The third-order valence-electron chi connectivity index (χ3n) is 11.4. The highest BCUT2D eigenvalue weighted by Crippen LogP contribution is 2.49. The fraction of sp³-hybridized carbons (Fsp3) is 0. The summed E-state index contributed by atoms with van der Waals surface area (Å²) < 4.78 is 4.75. The maximum Gasteiger partial charge on any atom is 0.116 e. The predicted molar refractivity (Wildman–Crippen MR) is 224 cm³/mol. The van der Waals surface area contributed by atoms with Gasteiger partial charge in [0.15, 0.2) is 0 Å². The van der Waals surface area contributed by atoms with Crippen LogP contribution >= 0.6 is 0 Å². The number of rotatable bonds is 4. The lowest BCUT2D eigenvalue weighted by atomic mass is 9.99. The van der Waals surface area contributed by atoms with Gasteiger partial charge in [0.2, 0.25) is 0 Å². The van der Waals surface area contributed by atoms with E-state index in [9.17, 15) is 0 Å². The minimum Gasteiger partial charge on any atom is -0.309 e. The Morgan fingerprint density at radius 1 is 0.352 bits per heavy atom. The Bertz CT molecular complexity index is 3310. The van der Waals surface area contributed by atoms with Crippen LogP contribution in [0.2, 0.25) is 0 Å². The van der Waals surface area contributed by atoms with Crippen molar-refractivity contribution in [3.05, 3.63) is 182 Å². The van der Waals surface area contributed by atoms with Gasteiger partial charge in [0, 0.05) is 49.6 Å². The molecule has 3 aromatic heterocycles. The number of aromatic nitrogens is 4. The Kier molecular flexibility index (Phi) is 6.02. The summed E-state index contributed by atoms with van der Waals surface area (Å²) in [7, 11) is 0. The molecule has 3 heterocycles. The van der Waals surface area contributed by atoms with E-state index >= 15 is 0 Å². The molecular formula is C50H30N4. The van der Waals surface area contributed by atoms with Gasteiger partial charge in [-0.25, -0.2) is 9.97 Å². The first kappa shape index (κ1) is 29.3. The minimum absolute atomic E-state index is 0.964. The van der Waals surface area contributed by atoms with Gasteiger partial charge in [0.05, 0.1) is 33.5 Å². The molecule has 1 aliphatic rings. The fourth-order valence-electron chi connectivity index (χ4n) is 9.02. The molecule has 1 aliphatic carbocycles. The second-order valence-electron chi connectivity index (χ2n) is 14.2. The first-order valence-electron chi connectivity index (χ1n) is 18.4. The summed E-state index contributed by atoms with van der Waals surface area (Å²) in [5.41, 5.74) is 16.0. The van der Waals surface area contributed by atoms with Crippen molar-refractivity contribution in [3.8, 4) is 56.1 Å². The third kappa shape index (κ3) is 4.08. The van der Waals surface area contributed by atoms with Crippen LogP contribution in [-0.4, -0.2) is 19.1 Å². The number of nitrogens with zero attached hydrogens (tertiary/aromatic N) is 4. The Morgan fingerprint density at radius 2 is 0.870 bits per heavy atom. The molecule has 0 bridgehead atoms. The van der Waals surface area contributed by atoms with Gasteiger partial charge >= 0.3 is 0 Å². The van der Waals surface area contributed by atoms with Crippen molar-refractivity contribution < 1.29 is 0 Å². The van der Waals surface area contributed by atoms with E-state index in [0.29, 0.717) is 0 Å². The molecule has 0 unspecified atom stereocenters. The van der Waals surface area contributed by atoms with Crippen molar-refractivity contribution >= 4 is 54.4 Å². The van der Waals surface area contributed by atoms with Gasteiger partial charge in [-0.2, -0.15) is 0 Å². The highest BCUT2D eigenvalue weighted by molar-refractivity contribution is 6.17. The van der Waals surface area contributed by atoms with E-state index in [4.69, 9.17) is 9.97 Å². The molecule has 11 aromatic rings. The summed E-state index contributed by atoms with van der Waals surface area (Å²) in [4.78, 5) is 9.62. The van der Waals surface area contributed by atoms with Crippen LogP contribution in [0, 0.1) is 0 Å². The van der Waals surface area contributed by atoms with Crippen molar-refractivity contribution in [1.82, 2.24) is 19.1 Å². The topological polar surface area (TPSA) is 35.6 Å². The standard InChI is InChI=1S/C50H30N4/c1-2-12-35(13-3-1)53-43-18-6-4-14-37(43)41-28-33(22-26-45(41)53)34-23-27-46-42(29-34)38-15-5-7-19-44(38)54(46)36-24-20-32(21-25-36)49-48-39-16-8-10-31-11-9-17-40(47(31)39)50(48)52-30-51-49/h1-30H. The largest absolute Gasteiger partial charge is 0.309 e. The average Bonchev–Trinajstić information content (AvgIpc) is 3.88.